The molecule has 0 fully saturated rings. The molecule has 2 aromatic heterocycles. The molecule has 0 spiro atoms. The zero-order valence-corrected chi connectivity index (χ0v) is 18.7. The maximum absolute atomic E-state index is 13.1. The van der Waals surface area contributed by atoms with Crippen molar-refractivity contribution in [1.82, 2.24) is 18.8 Å². The first kappa shape index (κ1) is 23.7. The molecule has 0 saturated carbocycles. The molecule has 1 amide bonds. The Labute approximate surface area is 189 Å². The number of aliphatic carboxylic acids is 2. The molecule has 0 saturated heterocycles. The average Bonchev–Trinajstić information content (AvgIpc) is 3.29. The van der Waals surface area contributed by atoms with Crippen LogP contribution in [0.4, 0.5) is 0 Å². The highest BCUT2D eigenvalue weighted by Crippen LogP contribution is 2.32. The number of nitrogens with zero attached hydrogens (tertiary/aromatic N) is 3. The minimum atomic E-state index is -3.50. The minimum absolute atomic E-state index is 0.151. The molecule has 1 aliphatic heterocycles. The summed E-state index contributed by atoms with van der Waals surface area (Å²) >= 11 is 0. The Morgan fingerprint density at radius 1 is 1.18 bits per heavy atom. The smallest absolute Gasteiger partial charge is 0.328 e. The summed E-state index contributed by atoms with van der Waals surface area (Å²) in [6.07, 6.45) is 4.39. The number of fused-ring (bicyclic) bond motifs is 3. The number of aromatic amines is 1. The molecule has 0 bridgehead atoms. The van der Waals surface area contributed by atoms with Crippen LogP contribution < -0.4 is 0 Å². The van der Waals surface area contributed by atoms with Gasteiger partial charge < -0.3 is 20.1 Å². The standard InChI is InChI=1S/C17H18N4O3S.C4H4O4/c1-11-13(19-10-18-11)9-20-8-7-15-16(17(20)22)12-5-3-4-6-14(12)21(15)25(2,23)24;5-3(6)1-2-4(7)8/h3-6,10H,7-9H2,1-2H3,(H,18,19);1-2H,(H,5,6)(H,7,8). The Morgan fingerprint density at radius 2 is 1.82 bits per heavy atom. The molecule has 3 aromatic rings. The summed E-state index contributed by atoms with van der Waals surface area (Å²) in [4.78, 5) is 41.2. The molecular formula is C21H22N4O7S. The zero-order valence-electron chi connectivity index (χ0n) is 17.8. The van der Waals surface area contributed by atoms with E-state index in [4.69, 9.17) is 10.2 Å². The second kappa shape index (κ2) is 9.28. The largest absolute Gasteiger partial charge is 0.478 e. The number of aromatic nitrogens is 3. The van der Waals surface area contributed by atoms with Crippen molar-refractivity contribution in [2.24, 2.45) is 0 Å². The van der Waals surface area contributed by atoms with Crippen LogP contribution in [-0.2, 0) is 32.6 Å². The van der Waals surface area contributed by atoms with Crippen molar-refractivity contribution in [3.05, 3.63) is 65.4 Å². The fourth-order valence-corrected chi connectivity index (χ4v) is 4.73. The highest BCUT2D eigenvalue weighted by Gasteiger charge is 2.33. The van der Waals surface area contributed by atoms with E-state index >= 15 is 0 Å². The van der Waals surface area contributed by atoms with Gasteiger partial charge in [-0.1, -0.05) is 18.2 Å². The molecule has 1 aromatic carbocycles. The first-order valence-electron chi connectivity index (χ1n) is 9.75. The van der Waals surface area contributed by atoms with Crippen LogP contribution in [0.1, 0.15) is 27.4 Å². The van der Waals surface area contributed by atoms with E-state index in [1.165, 1.54) is 10.2 Å². The average molecular weight is 474 g/mol. The predicted molar refractivity (Wildman–Crippen MR) is 118 cm³/mol. The normalized spacial score (nSPS) is 13.6. The van der Waals surface area contributed by atoms with Crippen LogP contribution >= 0.6 is 0 Å². The summed E-state index contributed by atoms with van der Waals surface area (Å²) in [6, 6.07) is 7.14. The van der Waals surface area contributed by atoms with Gasteiger partial charge in [-0.05, 0) is 13.0 Å². The molecule has 4 rings (SSSR count). The fourth-order valence-electron chi connectivity index (χ4n) is 3.63. The highest BCUT2D eigenvalue weighted by atomic mass is 32.2. The number of H-pyrrole nitrogens is 1. The van der Waals surface area contributed by atoms with E-state index in [2.05, 4.69) is 9.97 Å². The number of carboxylic acid groups (broad SMARTS) is 2. The first-order chi connectivity index (χ1) is 15.5. The lowest BCUT2D eigenvalue weighted by molar-refractivity contribution is -0.134. The van der Waals surface area contributed by atoms with Crippen molar-refractivity contribution in [3.8, 4) is 0 Å². The molecule has 174 valence electrons. The van der Waals surface area contributed by atoms with Gasteiger partial charge in [0.25, 0.3) is 5.91 Å². The summed E-state index contributed by atoms with van der Waals surface area (Å²) in [5.74, 6) is -2.66. The number of hydrogen-bond acceptors (Lipinski definition) is 6. The van der Waals surface area contributed by atoms with Gasteiger partial charge in [0, 0.05) is 41.9 Å². The van der Waals surface area contributed by atoms with Crippen LogP contribution in [0.25, 0.3) is 10.9 Å². The number of amides is 1. The molecule has 0 aliphatic carbocycles. The molecule has 0 unspecified atom stereocenters. The Hall–Kier alpha value is -3.93. The van der Waals surface area contributed by atoms with E-state index in [1.807, 2.05) is 13.0 Å². The highest BCUT2D eigenvalue weighted by molar-refractivity contribution is 7.89. The maximum atomic E-state index is 13.1. The van der Waals surface area contributed by atoms with Gasteiger partial charge >= 0.3 is 11.9 Å². The van der Waals surface area contributed by atoms with Gasteiger partial charge in [0.05, 0.1) is 35.9 Å². The quantitative estimate of drug-likeness (QED) is 0.467. The summed E-state index contributed by atoms with van der Waals surface area (Å²) in [7, 11) is -3.50. The van der Waals surface area contributed by atoms with E-state index in [-0.39, 0.29) is 5.91 Å². The number of hydrogen-bond donors (Lipinski definition) is 3. The Balaban J connectivity index is 0.000000331. The van der Waals surface area contributed by atoms with Crippen LogP contribution in [0.2, 0.25) is 0 Å². The number of carbonyl (C=O) groups is 3. The molecule has 12 heteroatoms. The molecule has 0 atom stereocenters. The maximum Gasteiger partial charge on any atom is 0.328 e. The topological polar surface area (TPSA) is 163 Å². The second-order valence-electron chi connectivity index (χ2n) is 7.33. The van der Waals surface area contributed by atoms with E-state index < -0.39 is 22.0 Å². The molecule has 11 nitrogen and oxygen atoms in total. The van der Waals surface area contributed by atoms with E-state index in [0.717, 1.165) is 11.4 Å². The summed E-state index contributed by atoms with van der Waals surface area (Å²) in [5.41, 5.74) is 3.37. The van der Waals surface area contributed by atoms with Gasteiger partial charge in [-0.15, -0.1) is 0 Å². The molecule has 3 N–H and O–H groups in total. The summed E-state index contributed by atoms with van der Waals surface area (Å²) < 4.78 is 25.9. The Bertz CT molecular complexity index is 1350. The molecule has 33 heavy (non-hydrogen) atoms. The zero-order chi connectivity index (χ0) is 24.3. The lowest BCUT2D eigenvalue weighted by Crippen LogP contribution is -2.38. The number of carboxylic acids is 2. The summed E-state index contributed by atoms with van der Waals surface area (Å²) in [5, 5.41) is 16.3. The molecule has 0 radical (unpaired) electrons. The Morgan fingerprint density at radius 3 is 2.36 bits per heavy atom. The molecule has 1 aliphatic rings. The number of imidazole rings is 1. The van der Waals surface area contributed by atoms with Crippen molar-refractivity contribution >= 4 is 38.8 Å². The van der Waals surface area contributed by atoms with Gasteiger partial charge in [0.15, 0.2) is 0 Å². The van der Waals surface area contributed by atoms with Gasteiger partial charge in [-0.3, -0.25) is 4.79 Å². The SMILES string of the molecule is Cc1[nH]cnc1CN1CCc2c(c3ccccc3n2S(C)(=O)=O)C1=O.O=C(O)C=CC(=O)O. The summed E-state index contributed by atoms with van der Waals surface area (Å²) in [6.45, 7) is 2.79. The molecule has 3 heterocycles. The van der Waals surface area contributed by atoms with Crippen LogP contribution in [0, 0.1) is 6.92 Å². The van der Waals surface area contributed by atoms with Crippen molar-refractivity contribution < 1.29 is 33.0 Å². The van der Waals surface area contributed by atoms with Crippen molar-refractivity contribution in [1.29, 1.82) is 0 Å². The fraction of sp³-hybridized carbons (Fsp3) is 0.238. The van der Waals surface area contributed by atoms with Crippen molar-refractivity contribution in [2.75, 3.05) is 12.8 Å². The van der Waals surface area contributed by atoms with E-state index in [9.17, 15) is 22.8 Å². The second-order valence-corrected chi connectivity index (χ2v) is 9.16. The van der Waals surface area contributed by atoms with Crippen LogP contribution in [0.5, 0.6) is 0 Å². The van der Waals surface area contributed by atoms with Crippen molar-refractivity contribution in [3.63, 3.8) is 0 Å². The number of carbonyl (C=O) groups excluding carboxylic acids is 1. The minimum Gasteiger partial charge on any atom is -0.478 e. The number of para-hydroxylation sites is 1. The van der Waals surface area contributed by atoms with Crippen molar-refractivity contribution in [2.45, 2.75) is 19.9 Å². The van der Waals surface area contributed by atoms with Gasteiger partial charge in [-0.2, -0.15) is 0 Å². The van der Waals surface area contributed by atoms with Gasteiger partial charge in [0.2, 0.25) is 10.0 Å². The first-order valence-corrected chi connectivity index (χ1v) is 11.6. The number of nitrogens with one attached hydrogen (secondary N) is 1. The van der Waals surface area contributed by atoms with Crippen LogP contribution in [0.15, 0.2) is 42.7 Å². The lowest BCUT2D eigenvalue weighted by Gasteiger charge is -2.27. The third kappa shape index (κ3) is 5.12. The van der Waals surface area contributed by atoms with Gasteiger partial charge in [-0.25, -0.2) is 27.0 Å². The van der Waals surface area contributed by atoms with Crippen LogP contribution in [-0.4, -0.2) is 68.1 Å². The van der Waals surface area contributed by atoms with E-state index in [1.54, 1.807) is 29.4 Å². The third-order valence-corrected chi connectivity index (χ3v) is 6.10. The van der Waals surface area contributed by atoms with Gasteiger partial charge in [0.1, 0.15) is 0 Å². The predicted octanol–water partition coefficient (Wildman–Crippen LogP) is 1.39. The molecular weight excluding hydrogens is 452 g/mol. The third-order valence-electron chi connectivity index (χ3n) is 5.02. The Kier molecular flexibility index (Phi) is 6.68. The van der Waals surface area contributed by atoms with E-state index in [0.29, 0.717) is 53.8 Å². The number of aryl methyl sites for hydroxylation is 1. The lowest BCUT2D eigenvalue weighted by atomic mass is 10.0. The number of benzene rings is 1. The number of rotatable bonds is 5. The van der Waals surface area contributed by atoms with Crippen LogP contribution in [0.3, 0.4) is 0 Å². The monoisotopic (exact) mass is 474 g/mol.